The minimum absolute atomic E-state index is 0.335. The molecule has 1 aliphatic rings. The molecule has 96 valence electrons. The van der Waals surface area contributed by atoms with Crippen molar-refractivity contribution in [2.75, 3.05) is 0 Å². The quantitative estimate of drug-likeness (QED) is 0.773. The molecule has 0 atom stereocenters. The highest BCUT2D eigenvalue weighted by Crippen LogP contribution is 2.26. The molecule has 0 saturated carbocycles. The molecule has 2 rings (SSSR count). The van der Waals surface area contributed by atoms with Gasteiger partial charge in [0.2, 0.25) is 0 Å². The summed E-state index contributed by atoms with van der Waals surface area (Å²) in [7, 11) is 0. The fraction of sp³-hybridized carbons (Fsp3) is 0.125. The summed E-state index contributed by atoms with van der Waals surface area (Å²) in [5.41, 5.74) is 2.46. The van der Waals surface area contributed by atoms with E-state index in [0.29, 0.717) is 12.1 Å². The molecule has 0 bridgehead atoms. The minimum Gasteiger partial charge on any atom is -0.269 e. The molecule has 3 nitrogen and oxygen atoms in total. The van der Waals surface area contributed by atoms with E-state index in [-0.39, 0.29) is 5.91 Å². The molecule has 0 N–H and O–H groups in total. The Kier molecular flexibility index (Phi) is 3.76. The first-order valence-corrected chi connectivity index (χ1v) is 6.07. The zero-order chi connectivity index (χ0) is 13.8. The summed E-state index contributed by atoms with van der Waals surface area (Å²) < 4.78 is 0. The maximum Gasteiger partial charge on any atom is 0.258 e. The maximum atomic E-state index is 11.7. The van der Waals surface area contributed by atoms with E-state index in [4.69, 9.17) is 0 Å². The molecule has 3 heteroatoms. The summed E-state index contributed by atoms with van der Waals surface area (Å²) in [6.07, 6.45) is 4.11. The van der Waals surface area contributed by atoms with Gasteiger partial charge in [0.05, 0.1) is 0 Å². The highest BCUT2D eigenvalue weighted by molar-refractivity contribution is 6.10. The van der Waals surface area contributed by atoms with Crippen molar-refractivity contribution in [2.45, 2.75) is 12.8 Å². The van der Waals surface area contributed by atoms with Crippen molar-refractivity contribution in [1.82, 2.24) is 4.90 Å². The molecule has 0 aliphatic carbocycles. The first-order chi connectivity index (χ1) is 9.13. The van der Waals surface area contributed by atoms with Crippen molar-refractivity contribution in [3.05, 3.63) is 72.5 Å². The topological polar surface area (TPSA) is 37.4 Å². The van der Waals surface area contributed by atoms with E-state index < -0.39 is 5.91 Å². The maximum absolute atomic E-state index is 11.7. The van der Waals surface area contributed by atoms with E-state index in [9.17, 15) is 9.59 Å². The molecule has 0 unspecified atom stereocenters. The van der Waals surface area contributed by atoms with Gasteiger partial charge in [-0.25, -0.2) is 4.90 Å². The van der Waals surface area contributed by atoms with Crippen molar-refractivity contribution >= 4 is 11.8 Å². The summed E-state index contributed by atoms with van der Waals surface area (Å²) >= 11 is 0. The van der Waals surface area contributed by atoms with Crippen LogP contribution in [0.15, 0.2) is 66.9 Å². The second-order valence-corrected chi connectivity index (χ2v) is 4.32. The number of hydrogen-bond acceptors (Lipinski definition) is 2. The van der Waals surface area contributed by atoms with Crippen LogP contribution in [0.4, 0.5) is 0 Å². The Balaban J connectivity index is 2.05. The van der Waals surface area contributed by atoms with Gasteiger partial charge in [-0.2, -0.15) is 0 Å². The predicted octanol–water partition coefficient (Wildman–Crippen LogP) is 2.61. The predicted molar refractivity (Wildman–Crippen MR) is 74.0 cm³/mol. The van der Waals surface area contributed by atoms with Gasteiger partial charge in [-0.05, 0) is 30.1 Å². The van der Waals surface area contributed by atoms with Crippen LogP contribution in [0, 0.1) is 0 Å². The number of allylic oxidation sites excluding steroid dienone is 1. The molecule has 1 aliphatic heterocycles. The van der Waals surface area contributed by atoms with Gasteiger partial charge in [0.15, 0.2) is 0 Å². The van der Waals surface area contributed by atoms with Gasteiger partial charge in [-0.1, -0.05) is 43.5 Å². The summed E-state index contributed by atoms with van der Waals surface area (Å²) in [4.78, 5) is 24.3. The van der Waals surface area contributed by atoms with Crippen LogP contribution < -0.4 is 0 Å². The van der Waals surface area contributed by atoms with E-state index in [1.165, 1.54) is 11.6 Å². The van der Waals surface area contributed by atoms with Gasteiger partial charge in [0.1, 0.15) is 0 Å². The molecule has 0 spiro atoms. The molecule has 0 fully saturated rings. The normalized spacial score (nSPS) is 14.5. The van der Waals surface area contributed by atoms with Crippen molar-refractivity contribution in [2.24, 2.45) is 0 Å². The zero-order valence-electron chi connectivity index (χ0n) is 10.6. The van der Waals surface area contributed by atoms with Crippen LogP contribution in [-0.4, -0.2) is 16.7 Å². The zero-order valence-corrected chi connectivity index (χ0v) is 10.6. The van der Waals surface area contributed by atoms with Gasteiger partial charge < -0.3 is 0 Å². The molecule has 0 radical (unpaired) electrons. The molecular formula is C16H15NO2. The molecule has 0 aromatic heterocycles. The Bertz CT molecular complexity index is 570. The standard InChI is InChI=1S/C16H15NO2/c1-3-15(18)17-12(2)14(11-16(17)19)10-9-13-7-5-4-6-8-13/h3-8,11H,1-2,9-10H2. The monoisotopic (exact) mass is 253 g/mol. The highest BCUT2D eigenvalue weighted by atomic mass is 16.2. The smallest absolute Gasteiger partial charge is 0.258 e. The van der Waals surface area contributed by atoms with E-state index >= 15 is 0 Å². The summed E-state index contributed by atoms with van der Waals surface area (Å²) in [5, 5.41) is 0. The lowest BCUT2D eigenvalue weighted by Gasteiger charge is -2.14. The van der Waals surface area contributed by atoms with Gasteiger partial charge in [-0.15, -0.1) is 0 Å². The number of amides is 2. The lowest BCUT2D eigenvalue weighted by molar-refractivity contribution is -0.135. The average molecular weight is 253 g/mol. The lowest BCUT2D eigenvalue weighted by Crippen LogP contribution is -2.29. The highest BCUT2D eigenvalue weighted by Gasteiger charge is 2.29. The van der Waals surface area contributed by atoms with Crippen LogP contribution in [-0.2, 0) is 16.0 Å². The molecule has 0 saturated heterocycles. The number of nitrogens with zero attached hydrogens (tertiary/aromatic N) is 1. The van der Waals surface area contributed by atoms with E-state index in [1.54, 1.807) is 0 Å². The third kappa shape index (κ3) is 2.71. The van der Waals surface area contributed by atoms with Crippen LogP contribution in [0.3, 0.4) is 0 Å². The average Bonchev–Trinajstić information content (AvgIpc) is 2.71. The number of rotatable bonds is 4. The number of aryl methyl sites for hydroxylation is 1. The van der Waals surface area contributed by atoms with E-state index in [1.807, 2.05) is 30.3 Å². The summed E-state index contributed by atoms with van der Waals surface area (Å²) in [5.74, 6) is -0.765. The second kappa shape index (κ2) is 5.48. The van der Waals surface area contributed by atoms with Crippen molar-refractivity contribution in [3.63, 3.8) is 0 Å². The van der Waals surface area contributed by atoms with Crippen molar-refractivity contribution in [3.8, 4) is 0 Å². The Morgan fingerprint density at radius 2 is 1.89 bits per heavy atom. The first-order valence-electron chi connectivity index (χ1n) is 6.07. The summed E-state index contributed by atoms with van der Waals surface area (Å²) in [6, 6.07) is 9.99. The second-order valence-electron chi connectivity index (χ2n) is 4.32. The number of carbonyl (C=O) groups is 2. The van der Waals surface area contributed by atoms with Gasteiger partial charge in [0, 0.05) is 11.8 Å². The number of carbonyl (C=O) groups excluding carboxylic acids is 2. The van der Waals surface area contributed by atoms with Gasteiger partial charge in [-0.3, -0.25) is 9.59 Å². The van der Waals surface area contributed by atoms with Crippen molar-refractivity contribution < 1.29 is 9.59 Å². The third-order valence-corrected chi connectivity index (χ3v) is 3.08. The Hall–Kier alpha value is -2.42. The number of hydrogen-bond donors (Lipinski definition) is 0. The SMILES string of the molecule is C=CC(=O)N1C(=C)C(CCc2ccccc2)=CC1=O. The number of imide groups is 1. The fourth-order valence-electron chi connectivity index (χ4n) is 2.05. The van der Waals surface area contributed by atoms with Gasteiger partial charge >= 0.3 is 0 Å². The lowest BCUT2D eigenvalue weighted by atomic mass is 10.0. The van der Waals surface area contributed by atoms with Crippen LogP contribution in [0.1, 0.15) is 12.0 Å². The minimum atomic E-state index is -0.430. The Morgan fingerprint density at radius 3 is 2.53 bits per heavy atom. The largest absolute Gasteiger partial charge is 0.269 e. The summed E-state index contributed by atoms with van der Waals surface area (Å²) in [6.45, 7) is 7.20. The first kappa shape index (κ1) is 13.0. The van der Waals surface area contributed by atoms with Crippen LogP contribution >= 0.6 is 0 Å². The van der Waals surface area contributed by atoms with E-state index in [0.717, 1.165) is 23.0 Å². The molecule has 1 heterocycles. The fourth-order valence-corrected chi connectivity index (χ4v) is 2.05. The molecule has 19 heavy (non-hydrogen) atoms. The van der Waals surface area contributed by atoms with Gasteiger partial charge in [0.25, 0.3) is 11.8 Å². The number of benzene rings is 1. The third-order valence-electron chi connectivity index (χ3n) is 3.08. The van der Waals surface area contributed by atoms with Crippen molar-refractivity contribution in [1.29, 1.82) is 0 Å². The van der Waals surface area contributed by atoms with Crippen LogP contribution in [0.5, 0.6) is 0 Å². The van der Waals surface area contributed by atoms with E-state index in [2.05, 4.69) is 13.2 Å². The molecule has 1 aromatic carbocycles. The Morgan fingerprint density at radius 1 is 1.21 bits per heavy atom. The Labute approximate surface area is 112 Å². The molecule has 1 aromatic rings. The van der Waals surface area contributed by atoms with Crippen LogP contribution in [0.2, 0.25) is 0 Å². The van der Waals surface area contributed by atoms with Crippen LogP contribution in [0.25, 0.3) is 0 Å². The molecule has 2 amide bonds. The molecular weight excluding hydrogens is 238 g/mol.